The molecule has 0 bridgehead atoms. The third-order valence-corrected chi connectivity index (χ3v) is 10.6. The molecule has 0 heterocycles. The Labute approximate surface area is 382 Å². The van der Waals surface area contributed by atoms with E-state index in [1.54, 1.807) is 0 Å². The van der Waals surface area contributed by atoms with Gasteiger partial charge in [-0.1, -0.05) is 209 Å². The molecule has 0 fully saturated rings. The van der Waals surface area contributed by atoms with E-state index < -0.39 is 6.10 Å². The topological polar surface area (TPSA) is 78.9 Å². The van der Waals surface area contributed by atoms with Crippen molar-refractivity contribution in [3.63, 3.8) is 0 Å². The molecule has 0 saturated heterocycles. The zero-order chi connectivity index (χ0) is 45.1. The average Bonchev–Trinajstić information content (AvgIpc) is 3.27. The molecule has 0 aliphatic rings. The van der Waals surface area contributed by atoms with Crippen LogP contribution in [0.15, 0.2) is 85.1 Å². The highest BCUT2D eigenvalue weighted by molar-refractivity contribution is 5.71. The normalized spacial score (nSPS) is 12.8. The summed E-state index contributed by atoms with van der Waals surface area (Å²) in [5, 5.41) is 0. The van der Waals surface area contributed by atoms with Crippen LogP contribution in [-0.2, 0) is 28.6 Å². The fraction of sp³-hybridized carbons (Fsp3) is 0.696. The molecule has 354 valence electrons. The van der Waals surface area contributed by atoms with Crippen LogP contribution in [0.4, 0.5) is 0 Å². The molecular weight excluding hydrogens is 769 g/mol. The number of hydrogen-bond acceptors (Lipinski definition) is 6. The van der Waals surface area contributed by atoms with Crippen molar-refractivity contribution in [1.82, 2.24) is 0 Å². The number of allylic oxidation sites excluding steroid dienone is 14. The Bertz CT molecular complexity index is 1220. The maximum Gasteiger partial charge on any atom is 0.306 e. The Hall–Kier alpha value is -3.41. The standard InChI is InChI=1S/C56H94O6/c1-4-7-10-13-16-19-22-24-26-28-30-31-34-37-40-43-46-49-55(58)61-52-53(51-60-54(57)48-45-42-39-36-33-21-18-15-12-9-6-3)62-56(59)50-47-44-41-38-35-32-29-27-25-23-20-17-14-11-8-5-2/h7,10,16,19-20,23-24,26-27,29-31,37,40,53H,4-6,8-9,11-15,17-18,21-22,25,28,32-36,38-39,41-52H2,1-3H3/b10-7-,19-16-,23-20-,26-24-,29-27-,31-30-,40-37-. The van der Waals surface area contributed by atoms with E-state index >= 15 is 0 Å². The maximum atomic E-state index is 12.8. The van der Waals surface area contributed by atoms with Crippen LogP contribution in [0.1, 0.15) is 233 Å². The van der Waals surface area contributed by atoms with E-state index in [9.17, 15) is 14.4 Å². The van der Waals surface area contributed by atoms with Gasteiger partial charge in [-0.15, -0.1) is 0 Å². The summed E-state index contributed by atoms with van der Waals surface area (Å²) in [5.74, 6) is -0.975. The van der Waals surface area contributed by atoms with Gasteiger partial charge in [0.15, 0.2) is 6.10 Å². The Morgan fingerprint density at radius 3 is 1.06 bits per heavy atom. The summed E-state index contributed by atoms with van der Waals surface area (Å²) in [5.41, 5.74) is 0. The predicted molar refractivity (Wildman–Crippen MR) is 265 cm³/mol. The van der Waals surface area contributed by atoms with Crippen LogP contribution in [-0.4, -0.2) is 37.2 Å². The molecule has 0 radical (unpaired) electrons. The first kappa shape index (κ1) is 58.6. The van der Waals surface area contributed by atoms with Crippen molar-refractivity contribution in [2.45, 2.75) is 239 Å². The van der Waals surface area contributed by atoms with E-state index in [1.807, 2.05) is 0 Å². The van der Waals surface area contributed by atoms with Crippen LogP contribution in [0.2, 0.25) is 0 Å². The Morgan fingerprint density at radius 2 is 0.645 bits per heavy atom. The molecule has 6 nitrogen and oxygen atoms in total. The van der Waals surface area contributed by atoms with E-state index in [0.717, 1.165) is 103 Å². The number of carbonyl (C=O) groups is 3. The zero-order valence-corrected chi connectivity index (χ0v) is 40.4. The van der Waals surface area contributed by atoms with Crippen LogP contribution < -0.4 is 0 Å². The summed E-state index contributed by atoms with van der Waals surface area (Å²) < 4.78 is 16.7. The summed E-state index contributed by atoms with van der Waals surface area (Å²) in [4.78, 5) is 37.9. The Morgan fingerprint density at radius 1 is 0.339 bits per heavy atom. The molecule has 62 heavy (non-hydrogen) atoms. The minimum Gasteiger partial charge on any atom is -0.462 e. The third kappa shape index (κ3) is 47.6. The van der Waals surface area contributed by atoms with Crippen LogP contribution in [0.5, 0.6) is 0 Å². The zero-order valence-electron chi connectivity index (χ0n) is 40.4. The van der Waals surface area contributed by atoms with Crippen molar-refractivity contribution in [2.75, 3.05) is 13.2 Å². The molecule has 0 spiro atoms. The number of unbranched alkanes of at least 4 members (excludes halogenated alkanes) is 20. The number of hydrogen-bond donors (Lipinski definition) is 0. The first-order chi connectivity index (χ1) is 30.5. The van der Waals surface area contributed by atoms with Gasteiger partial charge in [-0.3, -0.25) is 14.4 Å². The molecule has 0 saturated carbocycles. The van der Waals surface area contributed by atoms with Crippen LogP contribution >= 0.6 is 0 Å². The highest BCUT2D eigenvalue weighted by Crippen LogP contribution is 2.14. The van der Waals surface area contributed by atoms with Gasteiger partial charge in [0.25, 0.3) is 0 Å². The van der Waals surface area contributed by atoms with Crippen molar-refractivity contribution in [3.05, 3.63) is 85.1 Å². The monoisotopic (exact) mass is 863 g/mol. The predicted octanol–water partition coefficient (Wildman–Crippen LogP) is 16.8. The highest BCUT2D eigenvalue weighted by atomic mass is 16.6. The number of carbonyl (C=O) groups excluding carboxylic acids is 3. The van der Waals surface area contributed by atoms with Crippen LogP contribution in [0.3, 0.4) is 0 Å². The van der Waals surface area contributed by atoms with Gasteiger partial charge in [0.2, 0.25) is 0 Å². The second-order valence-corrected chi connectivity index (χ2v) is 16.7. The van der Waals surface area contributed by atoms with Gasteiger partial charge in [0.1, 0.15) is 13.2 Å². The lowest BCUT2D eigenvalue weighted by Gasteiger charge is -2.18. The first-order valence-corrected chi connectivity index (χ1v) is 25.6. The van der Waals surface area contributed by atoms with Gasteiger partial charge in [-0.05, 0) is 89.9 Å². The Balaban J connectivity index is 4.49. The molecule has 0 aromatic carbocycles. The van der Waals surface area contributed by atoms with Gasteiger partial charge in [-0.2, -0.15) is 0 Å². The van der Waals surface area contributed by atoms with Gasteiger partial charge in [-0.25, -0.2) is 0 Å². The molecule has 0 aromatic rings. The number of ether oxygens (including phenoxy) is 3. The number of esters is 3. The second kappa shape index (κ2) is 50.2. The summed E-state index contributed by atoms with van der Waals surface area (Å²) in [6.45, 7) is 6.43. The Kier molecular flexibility index (Phi) is 47.5. The maximum absolute atomic E-state index is 12.8. The fourth-order valence-electron chi connectivity index (χ4n) is 6.80. The van der Waals surface area contributed by atoms with Gasteiger partial charge < -0.3 is 14.2 Å². The van der Waals surface area contributed by atoms with E-state index in [-0.39, 0.29) is 37.5 Å². The minimum absolute atomic E-state index is 0.0990. The highest BCUT2D eigenvalue weighted by Gasteiger charge is 2.19. The van der Waals surface area contributed by atoms with Gasteiger partial charge >= 0.3 is 17.9 Å². The summed E-state index contributed by atoms with van der Waals surface area (Å²) in [7, 11) is 0. The molecule has 0 N–H and O–H groups in total. The first-order valence-electron chi connectivity index (χ1n) is 25.6. The third-order valence-electron chi connectivity index (χ3n) is 10.6. The van der Waals surface area contributed by atoms with Gasteiger partial charge in [0, 0.05) is 19.3 Å². The molecule has 1 unspecified atom stereocenters. The molecule has 0 aliphatic heterocycles. The smallest absolute Gasteiger partial charge is 0.306 e. The molecule has 0 aliphatic carbocycles. The quantitative estimate of drug-likeness (QED) is 0.0263. The molecule has 6 heteroatoms. The van der Waals surface area contributed by atoms with Crippen molar-refractivity contribution in [1.29, 1.82) is 0 Å². The average molecular weight is 863 g/mol. The summed E-state index contributed by atoms with van der Waals surface area (Å²) in [6.07, 6.45) is 64.2. The molecular formula is C56H94O6. The van der Waals surface area contributed by atoms with Crippen molar-refractivity contribution < 1.29 is 28.6 Å². The van der Waals surface area contributed by atoms with Crippen molar-refractivity contribution in [3.8, 4) is 0 Å². The lowest BCUT2D eigenvalue weighted by Crippen LogP contribution is -2.30. The van der Waals surface area contributed by atoms with Crippen molar-refractivity contribution in [2.24, 2.45) is 0 Å². The SMILES string of the molecule is CC/C=C\C/C=C\C/C=C\C/C=C\C/C=C\CCCC(=O)OCC(COC(=O)CCCCCCCCCCCCC)OC(=O)CCCCCCC/C=C\C/C=C\CCCCCC. The molecule has 0 amide bonds. The van der Waals surface area contributed by atoms with E-state index in [1.165, 1.54) is 83.5 Å². The largest absolute Gasteiger partial charge is 0.462 e. The van der Waals surface area contributed by atoms with Crippen LogP contribution in [0.25, 0.3) is 0 Å². The second-order valence-electron chi connectivity index (χ2n) is 16.7. The lowest BCUT2D eigenvalue weighted by atomic mass is 10.1. The molecule has 0 rings (SSSR count). The van der Waals surface area contributed by atoms with E-state index in [4.69, 9.17) is 14.2 Å². The van der Waals surface area contributed by atoms with Crippen LogP contribution in [0, 0.1) is 0 Å². The van der Waals surface area contributed by atoms with Crippen molar-refractivity contribution >= 4 is 17.9 Å². The van der Waals surface area contributed by atoms with E-state index in [0.29, 0.717) is 19.3 Å². The minimum atomic E-state index is -0.804. The molecule has 0 aromatic heterocycles. The number of rotatable bonds is 45. The fourth-order valence-corrected chi connectivity index (χ4v) is 6.80. The van der Waals surface area contributed by atoms with E-state index in [2.05, 4.69) is 106 Å². The summed E-state index contributed by atoms with van der Waals surface area (Å²) in [6, 6.07) is 0. The lowest BCUT2D eigenvalue weighted by molar-refractivity contribution is -0.167. The summed E-state index contributed by atoms with van der Waals surface area (Å²) >= 11 is 0. The molecule has 1 atom stereocenters. The van der Waals surface area contributed by atoms with Gasteiger partial charge in [0.05, 0.1) is 0 Å².